The van der Waals surface area contributed by atoms with E-state index >= 15 is 0 Å². The molecular weight excluding hydrogens is 565 g/mol. The fourth-order valence-electron chi connectivity index (χ4n) is 5.37. The highest BCUT2D eigenvalue weighted by molar-refractivity contribution is 7.22. The molecule has 0 atom stereocenters. The van der Waals surface area contributed by atoms with Gasteiger partial charge in [0.2, 0.25) is 5.91 Å². The third-order valence-electron chi connectivity index (χ3n) is 7.87. The molecule has 0 spiro atoms. The van der Waals surface area contributed by atoms with E-state index in [0.29, 0.717) is 30.2 Å². The van der Waals surface area contributed by atoms with Crippen molar-refractivity contribution in [2.24, 2.45) is 5.92 Å². The highest BCUT2D eigenvalue weighted by Crippen LogP contribution is 2.39. The van der Waals surface area contributed by atoms with Gasteiger partial charge in [0.25, 0.3) is 0 Å². The molecule has 1 saturated heterocycles. The number of carbonyl (C=O) groups is 2. The number of nitrogens with zero attached hydrogens (tertiary/aromatic N) is 5. The number of aromatic nitrogens is 2. The summed E-state index contributed by atoms with van der Waals surface area (Å²) in [6.45, 7) is 4.39. The van der Waals surface area contributed by atoms with Crippen LogP contribution in [0, 0.1) is 11.7 Å². The first-order valence-corrected chi connectivity index (χ1v) is 15.6. The molecule has 6 rings (SSSR count). The molecule has 1 saturated carbocycles. The molecule has 1 aliphatic heterocycles. The zero-order valence-corrected chi connectivity index (χ0v) is 25.4. The lowest BCUT2D eigenvalue weighted by Gasteiger charge is -2.35. The topological polar surface area (TPSA) is 78.9 Å². The third kappa shape index (κ3) is 7.44. The highest BCUT2D eigenvalue weighted by Gasteiger charge is 2.25. The van der Waals surface area contributed by atoms with Crippen LogP contribution in [0.4, 0.5) is 4.39 Å². The van der Waals surface area contributed by atoms with Gasteiger partial charge in [0.1, 0.15) is 11.5 Å². The number of carbonyl (C=O) groups excluding carboxylic acids is 2. The van der Waals surface area contributed by atoms with Crippen LogP contribution in [-0.2, 0) is 22.6 Å². The maximum absolute atomic E-state index is 15.0. The minimum atomic E-state index is -0.489. The molecule has 0 radical (unpaired) electrons. The Kier molecular flexibility index (Phi) is 8.78. The van der Waals surface area contributed by atoms with Gasteiger partial charge in [-0.2, -0.15) is 0 Å². The van der Waals surface area contributed by atoms with Gasteiger partial charge < -0.3 is 14.5 Å². The molecule has 2 fully saturated rings. The number of thiophene rings is 1. The molecule has 1 aliphatic carbocycles. The molecule has 1 aromatic carbocycles. The number of rotatable bonds is 11. The Morgan fingerprint density at radius 2 is 1.79 bits per heavy atom. The summed E-state index contributed by atoms with van der Waals surface area (Å²) < 4.78 is 21.8. The van der Waals surface area contributed by atoms with Gasteiger partial charge in [-0.25, -0.2) is 4.39 Å². The molecule has 3 aromatic heterocycles. The first-order chi connectivity index (χ1) is 20.8. The summed E-state index contributed by atoms with van der Waals surface area (Å²) >= 11 is 1.51. The van der Waals surface area contributed by atoms with Crippen molar-refractivity contribution in [2.75, 3.05) is 46.8 Å². The molecule has 4 aromatic rings. The number of hydrogen-bond donors (Lipinski definition) is 0. The van der Waals surface area contributed by atoms with Crippen LogP contribution in [0.2, 0.25) is 0 Å². The van der Waals surface area contributed by atoms with E-state index in [1.807, 2.05) is 42.2 Å². The minimum Gasteiger partial charge on any atom is -0.453 e. The normalized spacial score (nSPS) is 15.8. The first-order valence-electron chi connectivity index (χ1n) is 14.8. The average molecular weight is 602 g/mol. The summed E-state index contributed by atoms with van der Waals surface area (Å²) in [7, 11) is 3.83. The zero-order valence-electron chi connectivity index (χ0n) is 24.6. The number of ketones is 1. The average Bonchev–Trinajstić information content (AvgIpc) is 3.68. The van der Waals surface area contributed by atoms with Crippen LogP contribution >= 0.6 is 11.3 Å². The lowest BCUT2D eigenvalue weighted by Crippen LogP contribution is -2.50. The monoisotopic (exact) mass is 601 g/mol. The molecule has 2 aliphatic rings. The number of benzene rings is 1. The van der Waals surface area contributed by atoms with Crippen LogP contribution in [0.25, 0.3) is 20.8 Å². The van der Waals surface area contributed by atoms with Crippen molar-refractivity contribution in [3.63, 3.8) is 0 Å². The number of hydrogen-bond acceptors (Lipinski definition) is 8. The van der Waals surface area contributed by atoms with E-state index in [4.69, 9.17) is 9.72 Å². The van der Waals surface area contributed by atoms with Crippen LogP contribution in [0.15, 0.2) is 54.9 Å². The van der Waals surface area contributed by atoms with Gasteiger partial charge in [0.05, 0.1) is 27.3 Å². The van der Waals surface area contributed by atoms with Crippen molar-refractivity contribution < 1.29 is 18.7 Å². The fraction of sp³-hybridized carbons (Fsp3) is 0.394. The molecule has 0 N–H and O–H groups in total. The van der Waals surface area contributed by atoms with E-state index in [2.05, 4.69) is 16.0 Å². The van der Waals surface area contributed by atoms with E-state index in [0.717, 1.165) is 71.9 Å². The molecule has 224 valence electrons. The number of amides is 1. The number of Topliss-reactive ketones (excluding diaryl/α,β-unsaturated/α-hetero) is 1. The molecule has 4 heterocycles. The zero-order chi connectivity index (χ0) is 29.9. The number of fused-ring (bicyclic) bond motifs is 1. The van der Waals surface area contributed by atoms with Crippen molar-refractivity contribution in [3.8, 4) is 22.1 Å². The Labute approximate surface area is 255 Å². The molecule has 0 unspecified atom stereocenters. The second-order valence-corrected chi connectivity index (χ2v) is 12.9. The SMILES string of the molecule is CN(C)CC(=O)N1CCN(Cc2ccc(-c3cc4nccc(Oc5ccc(CC(=O)CC6CC6)cc5F)c4s3)nc2)CC1. The Morgan fingerprint density at radius 1 is 1.00 bits per heavy atom. The standard InChI is InChI=1S/C33H36FN5O3S/c1-37(2)21-32(41)39-13-11-38(12-14-39)20-24-5-7-27(36-19-24)31-18-28-33(43-31)30(9-10-35-28)42-29-8-6-23(17-26(29)34)16-25(40)15-22-3-4-22/h5-10,17-19,22H,3-4,11-16,20-21H2,1-2H3. The van der Waals surface area contributed by atoms with Crippen LogP contribution < -0.4 is 4.74 Å². The summed E-state index contributed by atoms with van der Waals surface area (Å²) in [5.41, 5.74) is 3.38. The van der Waals surface area contributed by atoms with Crippen molar-refractivity contribution in [1.29, 1.82) is 0 Å². The third-order valence-corrected chi connectivity index (χ3v) is 9.03. The molecule has 10 heteroatoms. The largest absolute Gasteiger partial charge is 0.453 e. The van der Waals surface area contributed by atoms with E-state index in [1.54, 1.807) is 24.4 Å². The Morgan fingerprint density at radius 3 is 2.49 bits per heavy atom. The fourth-order valence-corrected chi connectivity index (χ4v) is 6.41. The van der Waals surface area contributed by atoms with Gasteiger partial charge in [-0.15, -0.1) is 11.3 Å². The van der Waals surface area contributed by atoms with Crippen molar-refractivity contribution >= 4 is 33.2 Å². The van der Waals surface area contributed by atoms with E-state index in [1.165, 1.54) is 17.4 Å². The summed E-state index contributed by atoms with van der Waals surface area (Å²) in [5.74, 6) is 1.01. The Hall–Kier alpha value is -3.73. The molecule has 43 heavy (non-hydrogen) atoms. The van der Waals surface area contributed by atoms with E-state index < -0.39 is 5.82 Å². The maximum atomic E-state index is 15.0. The maximum Gasteiger partial charge on any atom is 0.236 e. The molecular formula is C33H36FN5O3S. The van der Waals surface area contributed by atoms with Gasteiger partial charge >= 0.3 is 0 Å². The lowest BCUT2D eigenvalue weighted by atomic mass is 10.0. The smallest absolute Gasteiger partial charge is 0.236 e. The minimum absolute atomic E-state index is 0.117. The van der Waals surface area contributed by atoms with Crippen LogP contribution in [-0.4, -0.2) is 83.2 Å². The number of pyridine rings is 2. The van der Waals surface area contributed by atoms with E-state index in [-0.39, 0.29) is 23.9 Å². The molecule has 0 bridgehead atoms. The summed E-state index contributed by atoms with van der Waals surface area (Å²) in [4.78, 5) is 40.9. The predicted octanol–water partition coefficient (Wildman–Crippen LogP) is 5.41. The number of piperazine rings is 1. The van der Waals surface area contributed by atoms with Crippen LogP contribution in [0.5, 0.6) is 11.5 Å². The van der Waals surface area contributed by atoms with Crippen molar-refractivity contribution in [1.82, 2.24) is 24.7 Å². The quantitative estimate of drug-likeness (QED) is 0.228. The molecule has 8 nitrogen and oxygen atoms in total. The number of ether oxygens (including phenoxy) is 1. The van der Waals surface area contributed by atoms with E-state index in [9.17, 15) is 14.0 Å². The first kappa shape index (κ1) is 29.3. The second kappa shape index (κ2) is 12.9. The van der Waals surface area contributed by atoms with Crippen LogP contribution in [0.1, 0.15) is 30.4 Å². The van der Waals surface area contributed by atoms with Gasteiger partial charge in [0.15, 0.2) is 11.6 Å². The summed E-state index contributed by atoms with van der Waals surface area (Å²) in [6.07, 6.45) is 6.65. The van der Waals surface area contributed by atoms with Crippen molar-refractivity contribution in [2.45, 2.75) is 32.2 Å². The Balaban J connectivity index is 1.09. The summed E-state index contributed by atoms with van der Waals surface area (Å²) in [5, 5.41) is 0. The highest BCUT2D eigenvalue weighted by atomic mass is 32.1. The predicted molar refractivity (Wildman–Crippen MR) is 166 cm³/mol. The van der Waals surface area contributed by atoms with Crippen LogP contribution in [0.3, 0.4) is 0 Å². The lowest BCUT2D eigenvalue weighted by molar-refractivity contribution is -0.133. The number of likely N-dealkylation sites (N-methyl/N-ethyl adjacent to an activating group) is 1. The Bertz CT molecular complexity index is 1610. The number of halogens is 1. The van der Waals surface area contributed by atoms with Gasteiger partial charge in [0, 0.05) is 64.0 Å². The second-order valence-electron chi connectivity index (χ2n) is 11.8. The van der Waals surface area contributed by atoms with Gasteiger partial charge in [-0.3, -0.25) is 24.5 Å². The van der Waals surface area contributed by atoms with Gasteiger partial charge in [-0.05, 0) is 68.2 Å². The van der Waals surface area contributed by atoms with Gasteiger partial charge in [-0.1, -0.05) is 12.1 Å². The van der Waals surface area contributed by atoms with Crippen molar-refractivity contribution in [3.05, 3.63) is 71.8 Å². The summed E-state index contributed by atoms with van der Waals surface area (Å²) in [6, 6.07) is 12.6. The molecule has 1 amide bonds.